The number of carboxylic acid groups (broad SMARTS) is 2. The maximum Gasteiger partial charge on any atom is 0.401 e. The number of halogens is 1. The van der Waals surface area contributed by atoms with Crippen molar-refractivity contribution in [2.45, 2.75) is 0 Å². The molecule has 0 bridgehead atoms. The van der Waals surface area contributed by atoms with E-state index in [0.29, 0.717) is 5.56 Å². The number of hydrogen-bond acceptors (Lipinski definition) is 2. The highest BCUT2D eigenvalue weighted by Crippen LogP contribution is 1.96. The molecule has 4 nitrogen and oxygen atoms in total. The molecule has 5 heteroatoms. The van der Waals surface area contributed by atoms with Crippen LogP contribution in [0.5, 0.6) is 0 Å². The van der Waals surface area contributed by atoms with Gasteiger partial charge in [0.1, 0.15) is 0 Å². The third kappa shape index (κ3) is 6.83. The molecule has 0 aromatic heterocycles. The van der Waals surface area contributed by atoms with E-state index in [1.165, 1.54) is 0 Å². The normalized spacial score (nSPS) is 8.08. The van der Waals surface area contributed by atoms with Crippen LogP contribution in [0.25, 0.3) is 0 Å². The van der Waals surface area contributed by atoms with E-state index in [9.17, 15) is 4.79 Å². The molecule has 0 aliphatic carbocycles. The first kappa shape index (κ1) is 11.4. The van der Waals surface area contributed by atoms with E-state index in [1.807, 2.05) is 0 Å². The van der Waals surface area contributed by atoms with Crippen molar-refractivity contribution in [3.8, 4) is 0 Å². The molecule has 1 aromatic carbocycles. The van der Waals surface area contributed by atoms with Crippen molar-refractivity contribution in [3.63, 3.8) is 0 Å². The van der Waals surface area contributed by atoms with E-state index in [-0.39, 0.29) is 0 Å². The molecule has 0 heterocycles. The van der Waals surface area contributed by atoms with Gasteiger partial charge in [-0.2, -0.15) is 0 Å². The van der Waals surface area contributed by atoms with Gasteiger partial charge in [-0.3, -0.25) is 0 Å². The Bertz CT molecular complexity index is 279. The molecule has 0 amide bonds. The second kappa shape index (κ2) is 6.02. The molecule has 0 aliphatic rings. The summed E-state index contributed by atoms with van der Waals surface area (Å²) in [7, 11) is 0. The van der Waals surface area contributed by atoms with E-state index >= 15 is 0 Å². The number of carbonyl (C=O) groups is 2. The fraction of sp³-hybridized carbons (Fsp3) is 0. The summed E-state index contributed by atoms with van der Waals surface area (Å²) in [6, 6.07) is 8.30. The van der Waals surface area contributed by atoms with Gasteiger partial charge in [-0.15, -0.1) is 0 Å². The molecular weight excluding hydrogens is 196 g/mol. The molecule has 0 saturated carbocycles. The highest BCUT2D eigenvalue weighted by atomic mass is 35.5. The monoisotopic (exact) mass is 202 g/mol. The van der Waals surface area contributed by atoms with Crippen LogP contribution in [0.15, 0.2) is 30.3 Å². The average molecular weight is 203 g/mol. The molecule has 0 atom stereocenters. The minimum absolute atomic E-state index is 0.331. The van der Waals surface area contributed by atoms with Crippen molar-refractivity contribution in [2.75, 3.05) is 0 Å². The molecule has 2 N–H and O–H groups in total. The fourth-order valence-corrected chi connectivity index (χ4v) is 0.581. The number of rotatable bonds is 1. The van der Waals surface area contributed by atoms with E-state index in [2.05, 4.69) is 11.6 Å². The van der Waals surface area contributed by atoms with Crippen molar-refractivity contribution >= 4 is 23.0 Å². The van der Waals surface area contributed by atoms with Gasteiger partial charge in [0, 0.05) is 11.6 Å². The van der Waals surface area contributed by atoms with Crippen LogP contribution in [0.4, 0.5) is 4.79 Å². The lowest BCUT2D eigenvalue weighted by Gasteiger charge is -1.88. The summed E-state index contributed by atoms with van der Waals surface area (Å²) < 4.78 is 0. The Morgan fingerprint density at radius 1 is 1.08 bits per heavy atom. The van der Waals surface area contributed by atoms with Crippen LogP contribution in [-0.2, 0) is 0 Å². The average Bonchev–Trinajstić information content (AvgIpc) is 2.05. The van der Waals surface area contributed by atoms with Crippen molar-refractivity contribution in [1.82, 2.24) is 0 Å². The summed E-state index contributed by atoms with van der Waals surface area (Å²) in [5.74, 6) is -0.879. The zero-order valence-corrected chi connectivity index (χ0v) is 7.23. The highest BCUT2D eigenvalue weighted by molar-refractivity contribution is 6.60. The Kier molecular flexibility index (Phi) is 5.30. The van der Waals surface area contributed by atoms with Gasteiger partial charge >= 0.3 is 11.4 Å². The molecule has 0 unspecified atom stereocenters. The Labute approximate surface area is 79.4 Å². The number of carboxylic acids is 1. The predicted octanol–water partition coefficient (Wildman–Crippen LogP) is 2.29. The van der Waals surface area contributed by atoms with Gasteiger partial charge in [0.25, 0.3) is 0 Å². The Hall–Kier alpha value is -1.55. The van der Waals surface area contributed by atoms with Gasteiger partial charge in [-0.1, -0.05) is 18.2 Å². The first-order valence-corrected chi connectivity index (χ1v) is 3.58. The van der Waals surface area contributed by atoms with E-state index in [4.69, 9.17) is 15.0 Å². The van der Waals surface area contributed by atoms with Gasteiger partial charge in [-0.05, 0) is 12.1 Å². The molecule has 70 valence electrons. The fourth-order valence-electron chi connectivity index (χ4n) is 0.581. The second-order valence-corrected chi connectivity index (χ2v) is 2.25. The van der Waals surface area contributed by atoms with Gasteiger partial charge in [0.2, 0.25) is 0 Å². The van der Waals surface area contributed by atoms with Crippen LogP contribution < -0.4 is 0 Å². The SMILES string of the molecule is O=C(O)Cl.O=C(O)c1ccccc1. The van der Waals surface area contributed by atoms with Crippen LogP contribution in [-0.4, -0.2) is 21.6 Å². The molecule has 13 heavy (non-hydrogen) atoms. The predicted molar refractivity (Wildman–Crippen MR) is 47.3 cm³/mol. The van der Waals surface area contributed by atoms with Gasteiger partial charge in [0.15, 0.2) is 0 Å². The third-order valence-electron chi connectivity index (χ3n) is 1.02. The highest BCUT2D eigenvalue weighted by Gasteiger charge is 1.96. The first-order valence-electron chi connectivity index (χ1n) is 3.21. The second-order valence-electron chi connectivity index (χ2n) is 1.92. The van der Waals surface area contributed by atoms with Crippen molar-refractivity contribution in [2.24, 2.45) is 0 Å². The molecule has 1 rings (SSSR count). The molecule has 1 aromatic rings. The van der Waals surface area contributed by atoms with Crippen molar-refractivity contribution in [1.29, 1.82) is 0 Å². The van der Waals surface area contributed by atoms with Crippen LogP contribution in [0.1, 0.15) is 10.4 Å². The van der Waals surface area contributed by atoms with Gasteiger partial charge in [0.05, 0.1) is 5.56 Å². The zero-order chi connectivity index (χ0) is 10.3. The van der Waals surface area contributed by atoms with Crippen LogP contribution >= 0.6 is 11.6 Å². The zero-order valence-electron chi connectivity index (χ0n) is 6.48. The Morgan fingerprint density at radius 2 is 1.46 bits per heavy atom. The number of aromatic carboxylic acids is 1. The summed E-state index contributed by atoms with van der Waals surface area (Å²) in [5, 5.41) is 15.6. The molecule has 0 fully saturated rings. The number of hydrogen-bond donors (Lipinski definition) is 2. The van der Waals surface area contributed by atoms with E-state index in [1.54, 1.807) is 30.3 Å². The minimum Gasteiger partial charge on any atom is -0.478 e. The van der Waals surface area contributed by atoms with Crippen LogP contribution in [0.2, 0.25) is 0 Å². The quantitative estimate of drug-likeness (QED) is 0.685. The summed E-state index contributed by atoms with van der Waals surface area (Å²) in [5.41, 5.74) is -1.03. The van der Waals surface area contributed by atoms with Gasteiger partial charge in [-0.25, -0.2) is 9.59 Å². The summed E-state index contributed by atoms with van der Waals surface area (Å²) in [6.07, 6.45) is 0. The lowest BCUT2D eigenvalue weighted by Crippen LogP contribution is -1.93. The molecule has 0 radical (unpaired) electrons. The number of benzene rings is 1. The van der Waals surface area contributed by atoms with Gasteiger partial charge < -0.3 is 10.2 Å². The molecular formula is C8H7ClO4. The summed E-state index contributed by atoms with van der Waals surface area (Å²) in [6.45, 7) is 0. The van der Waals surface area contributed by atoms with Crippen LogP contribution in [0.3, 0.4) is 0 Å². The van der Waals surface area contributed by atoms with Crippen molar-refractivity contribution < 1.29 is 19.8 Å². The lowest BCUT2D eigenvalue weighted by molar-refractivity contribution is 0.0697. The standard InChI is InChI=1S/C7H6O2.CHClO2/c8-7(9)6-4-2-1-3-5-6;2-1(3)4/h1-5H,(H,8,9);(H,3,4). The van der Waals surface area contributed by atoms with Crippen molar-refractivity contribution in [3.05, 3.63) is 35.9 Å². The largest absolute Gasteiger partial charge is 0.478 e. The smallest absolute Gasteiger partial charge is 0.401 e. The first-order chi connectivity index (χ1) is 6.04. The van der Waals surface area contributed by atoms with Crippen LogP contribution in [0, 0.1) is 0 Å². The molecule has 0 saturated heterocycles. The molecule has 0 aliphatic heterocycles. The van der Waals surface area contributed by atoms with E-state index in [0.717, 1.165) is 0 Å². The van der Waals surface area contributed by atoms with E-state index < -0.39 is 11.4 Å². The summed E-state index contributed by atoms with van der Waals surface area (Å²) >= 11 is 4.19. The maximum atomic E-state index is 10.2. The lowest BCUT2D eigenvalue weighted by atomic mass is 10.2. The minimum atomic E-state index is -1.36. The Balaban J connectivity index is 0.000000310. The molecule has 0 spiro atoms. The topological polar surface area (TPSA) is 74.6 Å². The maximum absolute atomic E-state index is 10.2. The Morgan fingerprint density at radius 3 is 1.69 bits per heavy atom. The summed E-state index contributed by atoms with van der Waals surface area (Å²) in [4.78, 5) is 19.0. The third-order valence-corrected chi connectivity index (χ3v) is 1.02.